The number of primary amides is 1. The molecule has 6 nitrogen and oxygen atoms in total. The van der Waals surface area contributed by atoms with E-state index >= 15 is 0 Å². The SMILES string of the molecule is NC(=O)C[C@@H]1O[C@H](c2cccc(Cl)c2)[C@@H](c2ccc(Cl)cc2)N([C@H](CN(CC2CC2)c2ccccc2)C2CC2)C1=O. The number of benzene rings is 3. The predicted octanol–water partition coefficient (Wildman–Crippen LogP) is 6.57. The van der Waals surface area contributed by atoms with E-state index in [-0.39, 0.29) is 18.4 Å². The second-order valence-corrected chi connectivity index (χ2v) is 12.5. The van der Waals surface area contributed by atoms with Gasteiger partial charge in [0, 0.05) is 28.8 Å². The number of amides is 2. The fraction of sp³-hybridized carbons (Fsp3) is 0.394. The van der Waals surface area contributed by atoms with Gasteiger partial charge in [0.15, 0.2) is 0 Å². The van der Waals surface area contributed by atoms with E-state index in [1.807, 2.05) is 59.5 Å². The summed E-state index contributed by atoms with van der Waals surface area (Å²) in [7, 11) is 0. The average molecular weight is 593 g/mol. The number of hydrogen-bond donors (Lipinski definition) is 1. The fourth-order valence-electron chi connectivity index (χ4n) is 6.09. The molecule has 3 aliphatic rings. The van der Waals surface area contributed by atoms with Crippen LogP contribution in [-0.4, -0.2) is 41.9 Å². The Balaban J connectivity index is 1.45. The van der Waals surface area contributed by atoms with E-state index in [0.29, 0.717) is 28.4 Å². The molecule has 8 heteroatoms. The topological polar surface area (TPSA) is 75.9 Å². The summed E-state index contributed by atoms with van der Waals surface area (Å²) in [6.07, 6.45) is 2.87. The number of morpholine rings is 1. The zero-order valence-corrected chi connectivity index (χ0v) is 24.4. The van der Waals surface area contributed by atoms with Gasteiger partial charge >= 0.3 is 0 Å². The number of hydrogen-bond acceptors (Lipinski definition) is 4. The molecule has 3 aromatic rings. The molecule has 3 aromatic carbocycles. The van der Waals surface area contributed by atoms with E-state index in [0.717, 1.165) is 36.2 Å². The van der Waals surface area contributed by atoms with E-state index in [9.17, 15) is 9.59 Å². The van der Waals surface area contributed by atoms with Crippen LogP contribution in [0.1, 0.15) is 55.4 Å². The Kier molecular flexibility index (Phi) is 8.25. The highest BCUT2D eigenvalue weighted by atomic mass is 35.5. The van der Waals surface area contributed by atoms with E-state index in [4.69, 9.17) is 33.7 Å². The molecule has 2 N–H and O–H groups in total. The summed E-state index contributed by atoms with van der Waals surface area (Å²) in [5, 5.41) is 1.20. The van der Waals surface area contributed by atoms with Crippen LogP contribution in [0.25, 0.3) is 0 Å². The Morgan fingerprint density at radius 1 is 0.927 bits per heavy atom. The minimum Gasteiger partial charge on any atom is -0.370 e. The van der Waals surface area contributed by atoms with Crippen molar-refractivity contribution in [2.75, 3.05) is 18.0 Å². The lowest BCUT2D eigenvalue weighted by Crippen LogP contribution is -2.58. The van der Waals surface area contributed by atoms with Crippen LogP contribution in [0.2, 0.25) is 10.0 Å². The summed E-state index contributed by atoms with van der Waals surface area (Å²) < 4.78 is 6.50. The maximum absolute atomic E-state index is 14.4. The highest BCUT2D eigenvalue weighted by molar-refractivity contribution is 6.30. The average Bonchev–Trinajstić information content (AvgIpc) is 3.89. The third-order valence-corrected chi connectivity index (χ3v) is 8.92. The fourth-order valence-corrected chi connectivity index (χ4v) is 6.42. The second-order valence-electron chi connectivity index (χ2n) is 11.6. The molecule has 0 aromatic heterocycles. The number of halogens is 2. The van der Waals surface area contributed by atoms with Gasteiger partial charge in [-0.2, -0.15) is 0 Å². The molecular formula is C33H35Cl2N3O3. The molecule has 0 bridgehead atoms. The molecule has 4 atom stereocenters. The van der Waals surface area contributed by atoms with E-state index in [2.05, 4.69) is 29.2 Å². The minimum atomic E-state index is -0.977. The Morgan fingerprint density at radius 3 is 2.29 bits per heavy atom. The Labute approximate surface area is 251 Å². The highest BCUT2D eigenvalue weighted by Gasteiger charge is 2.51. The lowest BCUT2D eigenvalue weighted by molar-refractivity contribution is -0.181. The zero-order chi connectivity index (χ0) is 28.5. The molecule has 41 heavy (non-hydrogen) atoms. The molecular weight excluding hydrogens is 557 g/mol. The summed E-state index contributed by atoms with van der Waals surface area (Å²) in [6.45, 7) is 1.66. The van der Waals surface area contributed by atoms with Gasteiger partial charge in [-0.15, -0.1) is 0 Å². The minimum absolute atomic E-state index is 0.0805. The first kappa shape index (κ1) is 28.1. The largest absolute Gasteiger partial charge is 0.370 e. The van der Waals surface area contributed by atoms with E-state index in [1.54, 1.807) is 0 Å². The summed E-state index contributed by atoms with van der Waals surface area (Å²) >= 11 is 12.7. The van der Waals surface area contributed by atoms with E-state index < -0.39 is 24.2 Å². The third-order valence-electron chi connectivity index (χ3n) is 8.43. The van der Waals surface area contributed by atoms with Gasteiger partial charge in [0.1, 0.15) is 12.2 Å². The van der Waals surface area contributed by atoms with Crippen molar-refractivity contribution in [3.05, 3.63) is 100 Å². The number of para-hydroxylation sites is 1. The molecule has 0 unspecified atom stereocenters. The molecule has 1 saturated heterocycles. The normalized spacial score (nSPS) is 23.3. The van der Waals surface area contributed by atoms with Gasteiger partial charge in [0.25, 0.3) is 5.91 Å². The van der Waals surface area contributed by atoms with Gasteiger partial charge in [0.2, 0.25) is 5.91 Å². The first-order valence-corrected chi connectivity index (χ1v) is 15.2. The molecule has 6 rings (SSSR count). The van der Waals surface area contributed by atoms with Gasteiger partial charge < -0.3 is 20.3 Å². The van der Waals surface area contributed by atoms with Crippen LogP contribution in [0, 0.1) is 11.8 Å². The number of anilines is 1. The molecule has 1 heterocycles. The summed E-state index contributed by atoms with van der Waals surface area (Å²) in [5.41, 5.74) is 8.56. The number of nitrogens with zero attached hydrogens (tertiary/aromatic N) is 2. The van der Waals surface area contributed by atoms with Crippen molar-refractivity contribution in [2.24, 2.45) is 17.6 Å². The first-order chi connectivity index (χ1) is 19.9. The first-order valence-electron chi connectivity index (χ1n) is 14.4. The van der Waals surface area contributed by atoms with Crippen LogP contribution in [0.15, 0.2) is 78.9 Å². The molecule has 0 spiro atoms. The van der Waals surface area contributed by atoms with Gasteiger partial charge in [-0.25, -0.2) is 0 Å². The smallest absolute Gasteiger partial charge is 0.253 e. The zero-order valence-electron chi connectivity index (χ0n) is 22.9. The van der Waals surface area contributed by atoms with Crippen LogP contribution in [0.3, 0.4) is 0 Å². The van der Waals surface area contributed by atoms with Crippen molar-refractivity contribution in [1.82, 2.24) is 4.90 Å². The van der Waals surface area contributed by atoms with Gasteiger partial charge in [-0.05, 0) is 85.0 Å². The lowest BCUT2D eigenvalue weighted by atomic mass is 9.89. The third kappa shape index (κ3) is 6.56. The van der Waals surface area contributed by atoms with Crippen LogP contribution in [0.5, 0.6) is 0 Å². The van der Waals surface area contributed by atoms with Gasteiger partial charge in [-0.3, -0.25) is 9.59 Å². The number of ether oxygens (including phenoxy) is 1. The molecule has 3 fully saturated rings. The molecule has 0 radical (unpaired) electrons. The number of rotatable bonds is 11. The maximum atomic E-state index is 14.4. The second kappa shape index (κ2) is 12.0. The molecule has 2 aliphatic carbocycles. The van der Waals surface area contributed by atoms with Crippen molar-refractivity contribution in [3.63, 3.8) is 0 Å². The predicted molar refractivity (Wildman–Crippen MR) is 162 cm³/mol. The Hall–Kier alpha value is -3.06. The summed E-state index contributed by atoms with van der Waals surface area (Å²) in [5.74, 6) is 0.259. The van der Waals surface area contributed by atoms with Crippen molar-refractivity contribution < 1.29 is 14.3 Å². The Bertz CT molecular complexity index is 1380. The highest BCUT2D eigenvalue weighted by Crippen LogP contribution is 2.48. The number of carbonyl (C=O) groups excluding carboxylic acids is 2. The molecule has 2 amide bonds. The Morgan fingerprint density at radius 2 is 1.66 bits per heavy atom. The van der Waals surface area contributed by atoms with Crippen molar-refractivity contribution >= 4 is 40.7 Å². The van der Waals surface area contributed by atoms with Crippen LogP contribution in [-0.2, 0) is 14.3 Å². The van der Waals surface area contributed by atoms with Crippen LogP contribution >= 0.6 is 23.2 Å². The summed E-state index contributed by atoms with van der Waals surface area (Å²) in [4.78, 5) is 31.0. The molecule has 2 saturated carbocycles. The van der Waals surface area contributed by atoms with Crippen molar-refractivity contribution in [2.45, 2.75) is 56.4 Å². The van der Waals surface area contributed by atoms with E-state index in [1.165, 1.54) is 12.8 Å². The van der Waals surface area contributed by atoms with Crippen LogP contribution in [0.4, 0.5) is 5.69 Å². The quantitative estimate of drug-likeness (QED) is 0.273. The van der Waals surface area contributed by atoms with Gasteiger partial charge in [0.05, 0.1) is 18.5 Å². The number of carbonyl (C=O) groups is 2. The summed E-state index contributed by atoms with van der Waals surface area (Å²) in [6, 6.07) is 25.1. The van der Waals surface area contributed by atoms with Gasteiger partial charge in [-0.1, -0.05) is 65.7 Å². The lowest BCUT2D eigenvalue weighted by Gasteiger charge is -2.49. The molecule has 214 valence electrons. The van der Waals surface area contributed by atoms with Crippen molar-refractivity contribution in [3.8, 4) is 0 Å². The number of nitrogens with two attached hydrogens (primary N) is 1. The standard InChI is InChI=1S/C33H35Cl2N3O3/c34-25-15-13-23(14-16-25)31-32(24-5-4-6-26(35)17-24)41-29(18-30(36)39)33(40)38(31)28(22-11-12-22)20-37(19-21-9-10-21)27-7-2-1-3-8-27/h1-8,13-17,21-22,28-29,31-32H,9-12,18-20H2,(H2,36,39)/t28-,29+,31-,32-/m1/s1. The molecule has 1 aliphatic heterocycles. The monoisotopic (exact) mass is 591 g/mol. The van der Waals surface area contributed by atoms with Crippen molar-refractivity contribution in [1.29, 1.82) is 0 Å². The maximum Gasteiger partial charge on any atom is 0.253 e. The van der Waals surface area contributed by atoms with Crippen LogP contribution < -0.4 is 10.6 Å².